The number of thiophene rings is 1. The maximum atomic E-state index is 15.8. The van der Waals surface area contributed by atoms with E-state index in [1.165, 1.54) is 73.5 Å². The average molecular weight is 1880 g/mol. The highest BCUT2D eigenvalue weighted by molar-refractivity contribution is 8.00. The van der Waals surface area contributed by atoms with E-state index in [9.17, 15) is 68.1 Å². The van der Waals surface area contributed by atoms with Gasteiger partial charge in [0.2, 0.25) is 100 Å². The van der Waals surface area contributed by atoms with Crippen LogP contribution < -0.4 is 81.8 Å². The van der Waals surface area contributed by atoms with Crippen molar-refractivity contribution in [3.63, 3.8) is 0 Å². The Hall–Kier alpha value is -12.4. The number of unbranched alkanes of at least 4 members (excludes halogenated alkanes) is 2. The fourth-order valence-corrected chi connectivity index (χ4v) is 17.8. The number of aromatic hydroxyl groups is 1. The van der Waals surface area contributed by atoms with Crippen molar-refractivity contribution in [3.05, 3.63) is 101 Å². The van der Waals surface area contributed by atoms with Gasteiger partial charge in [-0.3, -0.25) is 86.3 Å². The van der Waals surface area contributed by atoms with Gasteiger partial charge in [0.25, 0.3) is 0 Å². The predicted molar refractivity (Wildman–Crippen MR) is 490 cm³/mol. The third kappa shape index (κ3) is 29.6. The smallest absolute Gasteiger partial charge is 0.305 e. The molecule has 0 aliphatic carbocycles. The number of aromatic amines is 1. The largest absolute Gasteiger partial charge is 0.508 e. The van der Waals surface area contributed by atoms with Crippen LogP contribution in [0.15, 0.2) is 84.4 Å². The number of para-hydroxylation sites is 1. The van der Waals surface area contributed by atoms with Crippen molar-refractivity contribution in [1.82, 2.24) is 82.7 Å². The average Bonchev–Trinajstić information content (AvgIpc) is 1.60. The van der Waals surface area contributed by atoms with E-state index in [0.717, 1.165) is 36.5 Å². The molecule has 132 heavy (non-hydrogen) atoms. The number of aliphatic hydroxyl groups excluding tert-OH is 1. The summed E-state index contributed by atoms with van der Waals surface area (Å²) in [4.78, 5) is 269. The molecule has 17 amide bonds. The molecule has 3 aromatic carbocycles. The molecule has 0 radical (unpaired) electrons. The number of phenols is 1. The summed E-state index contributed by atoms with van der Waals surface area (Å²) in [5.74, 6) is -19.0. The van der Waals surface area contributed by atoms with Crippen molar-refractivity contribution in [1.29, 1.82) is 0 Å². The van der Waals surface area contributed by atoms with Gasteiger partial charge in [0.05, 0.1) is 24.8 Å². The standard InChI is InChI=1S/C87H123N21O21S2.CH4/c1-7-9-21-65-80(122)97-56(20-15-32-88)76(118)103-64(75(117)94-42-71(92)112)45-130-46-72(113)95-60(35-48-25-27-51(109)28-26-48)83(125)104(4)47(3)74(116)100-62(39-73(114)115)86(128)107-34-16-23-66(107)81(123)102-63(40-90)79(121)98-58(29-30-70(91)111)85(127)108-43-52(110)38-68(108)82(124)99-59(36-49-41-93-55-19-13-11-17-53(49)55)78(120)96-57(31-33-89)77(119)101-61(37-50-44-131-69-24-14-12-18-54(50)69)84(126)106(6)67(22-10-8-2)87(129)105(65)5;/h11-14,17-19,24-28,41,44,47,52,56-68,93,109-110H,7-10,15-16,20-23,29-40,42-43,45-46,88-90H2,1-6H3,(H2,91,111)(H2,92,112)(H,94,117)(H,95,113)(H,96,120)(H,97,122)(H,98,121)(H,99,124)(H,100,116)(H,101,119)(H,102,123)(H,103,118)(H,114,115);1H4/t47-,52+,56-,57-,58-,59-,60-,61-,62-,63-,64-,65-,66-,67-,68-;/m0./s1. The first kappa shape index (κ1) is 107. The van der Waals surface area contributed by atoms with Gasteiger partial charge in [0, 0.05) is 100 Å². The number of carboxylic acids is 1. The number of carbonyl (C=O) groups is 18. The number of aliphatic hydroxyl groups is 1. The van der Waals surface area contributed by atoms with E-state index < -0.39 is 254 Å². The van der Waals surface area contributed by atoms with E-state index in [1.54, 1.807) is 36.5 Å². The van der Waals surface area contributed by atoms with E-state index in [1.807, 2.05) is 37.4 Å². The first-order valence-corrected chi connectivity index (χ1v) is 45.8. The Labute approximate surface area is 772 Å². The molecule has 42 nitrogen and oxygen atoms in total. The first-order valence-electron chi connectivity index (χ1n) is 43.8. The zero-order chi connectivity index (χ0) is 96.0. The van der Waals surface area contributed by atoms with Gasteiger partial charge in [-0.05, 0) is 123 Å². The minimum atomic E-state index is -1.92. The Bertz CT molecular complexity index is 4920. The first-order chi connectivity index (χ1) is 62.4. The van der Waals surface area contributed by atoms with Crippen molar-refractivity contribution < 1.29 is 102 Å². The molecule has 722 valence electrons. The Morgan fingerprint density at radius 2 is 1.09 bits per heavy atom. The van der Waals surface area contributed by atoms with Crippen molar-refractivity contribution in [2.75, 3.05) is 71.9 Å². The summed E-state index contributed by atoms with van der Waals surface area (Å²) in [5, 5.41) is 60.9. The van der Waals surface area contributed by atoms with Crippen LogP contribution in [0.1, 0.15) is 141 Å². The molecule has 0 bridgehead atoms. The van der Waals surface area contributed by atoms with Gasteiger partial charge in [-0.15, -0.1) is 23.1 Å². The summed E-state index contributed by atoms with van der Waals surface area (Å²) in [6, 6.07) is -2.26. The summed E-state index contributed by atoms with van der Waals surface area (Å²) in [5.41, 5.74) is 31.5. The Morgan fingerprint density at radius 1 is 0.530 bits per heavy atom. The van der Waals surface area contributed by atoms with Gasteiger partial charge in [0.15, 0.2) is 0 Å². The van der Waals surface area contributed by atoms with Gasteiger partial charge < -0.3 is 127 Å². The SMILES string of the molecule is C.CCCC[C@H]1C(=O)N(C)[C@@H](CCCC)C(=O)N[C@@H](CCCN)C(=O)N[C@H](C(=O)NCC(N)=O)CSCC(=O)N[C@@H](Cc2ccc(O)cc2)C(=O)N(C)[C@@H](C)C(=O)N[C@@H](CC(=O)O)C(=O)N2CCC[C@H]2C(=O)N[C@@H](CN)C(=O)N[C@@H](CCC(N)=O)C(=O)N2C[C@H](O)C[C@H]2C(=O)N[C@@H](Cc2c[nH]c3ccccc23)C(=O)N[C@@H](CCN)C(=O)N[C@@H](Cc2csc3ccccc23)C(=O)N1C. The molecule has 2 aromatic heterocycles. The third-order valence-electron chi connectivity index (χ3n) is 23.4. The number of nitrogens with two attached hydrogens (primary N) is 5. The lowest BCUT2D eigenvalue weighted by Crippen LogP contribution is -2.61. The maximum absolute atomic E-state index is 15.8. The lowest BCUT2D eigenvalue weighted by molar-refractivity contribution is -0.149. The van der Waals surface area contributed by atoms with Crippen LogP contribution in [0, 0.1) is 0 Å². The van der Waals surface area contributed by atoms with E-state index >= 15 is 33.6 Å². The molecule has 24 N–H and O–H groups in total. The number of aliphatic carboxylic acids is 1. The van der Waals surface area contributed by atoms with E-state index in [0.29, 0.717) is 53.3 Å². The van der Waals surface area contributed by atoms with E-state index in [-0.39, 0.29) is 97.0 Å². The number of hydrogen-bond acceptors (Lipinski definition) is 25. The molecular weight excluding hydrogens is 1750 g/mol. The topological polar surface area (TPSA) is 650 Å². The van der Waals surface area contributed by atoms with Crippen molar-refractivity contribution in [2.24, 2.45) is 28.7 Å². The number of thioether (sulfide) groups is 1. The maximum Gasteiger partial charge on any atom is 0.305 e. The molecule has 0 unspecified atom stereocenters. The van der Waals surface area contributed by atoms with Gasteiger partial charge in [-0.2, -0.15) is 0 Å². The Balaban J connectivity index is 0.0000238. The monoisotopic (exact) mass is 1880 g/mol. The second-order valence-corrected chi connectivity index (χ2v) is 34.9. The number of aromatic nitrogens is 1. The predicted octanol–water partition coefficient (Wildman–Crippen LogP) is -2.92. The second-order valence-electron chi connectivity index (χ2n) is 33.0. The molecular formula is C88H127N21O21S2. The van der Waals surface area contributed by atoms with E-state index in [2.05, 4.69) is 58.2 Å². The lowest BCUT2D eigenvalue weighted by atomic mass is 9.99. The number of nitrogens with zero attached hydrogens (tertiary/aromatic N) is 5. The number of fused-ring (bicyclic) bond motifs is 4. The highest BCUT2D eigenvalue weighted by Crippen LogP contribution is 2.30. The van der Waals surface area contributed by atoms with Crippen LogP contribution >= 0.6 is 23.1 Å². The Morgan fingerprint density at radius 3 is 1.75 bits per heavy atom. The van der Waals surface area contributed by atoms with Crippen molar-refractivity contribution in [2.45, 2.75) is 234 Å². The molecule has 5 aromatic rings. The molecule has 44 heteroatoms. The highest BCUT2D eigenvalue weighted by Gasteiger charge is 2.47. The van der Waals surface area contributed by atoms with Gasteiger partial charge in [0.1, 0.15) is 90.3 Å². The van der Waals surface area contributed by atoms with Crippen LogP contribution in [0.3, 0.4) is 0 Å². The molecule has 3 aliphatic heterocycles. The van der Waals surface area contributed by atoms with E-state index in [4.69, 9.17) is 28.7 Å². The zero-order valence-electron chi connectivity index (χ0n) is 74.3. The molecule has 5 heterocycles. The van der Waals surface area contributed by atoms with Gasteiger partial charge >= 0.3 is 5.97 Å². The van der Waals surface area contributed by atoms with Crippen LogP contribution in [0.2, 0.25) is 0 Å². The fourth-order valence-electron chi connectivity index (χ4n) is 15.9. The molecule has 15 atom stereocenters. The minimum Gasteiger partial charge on any atom is -0.508 e. The number of amides is 17. The van der Waals surface area contributed by atoms with Crippen molar-refractivity contribution >= 4 is 150 Å². The summed E-state index contributed by atoms with van der Waals surface area (Å²) in [6.45, 7) is 2.55. The number of rotatable bonds is 26. The molecule has 8 rings (SSSR count). The molecule has 3 aliphatic rings. The summed E-state index contributed by atoms with van der Waals surface area (Å²) in [6.07, 6.45) is -1.72. The number of phenolic OH excluding ortho intramolecular Hbond substituents is 1. The molecule has 3 saturated heterocycles. The number of benzene rings is 3. The van der Waals surface area contributed by atoms with Crippen LogP contribution in [-0.2, 0) is 106 Å². The highest BCUT2D eigenvalue weighted by atomic mass is 32.2. The number of H-pyrrole nitrogens is 1. The van der Waals surface area contributed by atoms with Crippen LogP contribution in [0.4, 0.5) is 0 Å². The number of hydrogen-bond donors (Lipinski definition) is 19. The van der Waals surface area contributed by atoms with Crippen LogP contribution in [-0.4, -0.2) is 314 Å². The van der Waals surface area contributed by atoms with Crippen LogP contribution in [0.25, 0.3) is 21.0 Å². The zero-order valence-corrected chi connectivity index (χ0v) is 75.9. The number of carboxylic acid groups (broad SMARTS) is 1. The fraction of sp³-hybridized carbons (Fsp3) is 0.545. The molecule has 0 spiro atoms. The number of primary amides is 2. The summed E-state index contributed by atoms with van der Waals surface area (Å²) < 4.78 is 0.828. The quantitative estimate of drug-likeness (QED) is 0.0264. The molecule has 3 fully saturated rings. The summed E-state index contributed by atoms with van der Waals surface area (Å²) >= 11 is 2.13. The normalized spacial score (nSPS) is 25.0. The third-order valence-corrected chi connectivity index (χ3v) is 25.4. The van der Waals surface area contributed by atoms with Crippen molar-refractivity contribution in [3.8, 4) is 5.75 Å². The lowest BCUT2D eigenvalue weighted by Gasteiger charge is -2.36. The number of carbonyl (C=O) groups excluding carboxylic acids is 17. The van der Waals surface area contributed by atoms with Gasteiger partial charge in [-0.1, -0.05) is 95.5 Å². The number of likely N-dealkylation sites (N-methyl/N-ethyl adjacent to an activating group) is 3. The number of nitrogens with one attached hydrogen (secondary N) is 11. The summed E-state index contributed by atoms with van der Waals surface area (Å²) in [7, 11) is 3.92. The van der Waals surface area contributed by atoms with Gasteiger partial charge in [-0.25, -0.2) is 0 Å². The van der Waals surface area contributed by atoms with Crippen LogP contribution in [0.5, 0.6) is 5.75 Å². The second kappa shape index (κ2) is 51.4. The molecule has 0 saturated carbocycles. The minimum absolute atomic E-state index is 0. The Kier molecular flexibility index (Phi) is 41.6.